The average Bonchev–Trinajstić information content (AvgIpc) is 3.41. The van der Waals surface area contributed by atoms with Gasteiger partial charge in [0, 0.05) is 11.4 Å². The highest BCUT2D eigenvalue weighted by Crippen LogP contribution is 2.27. The number of hydrogen-bond donors (Lipinski definition) is 2. The molecule has 6 aromatic rings. The topological polar surface area (TPSA) is 35.6 Å². The lowest BCUT2D eigenvalue weighted by Crippen LogP contribution is -1.95. The van der Waals surface area contributed by atoms with Crippen LogP contribution in [0.5, 0.6) is 0 Å². The van der Waals surface area contributed by atoms with Crippen LogP contribution in [0.3, 0.4) is 0 Å². The molecule has 0 saturated heterocycles. The second-order valence-corrected chi connectivity index (χ2v) is 9.82. The van der Waals surface area contributed by atoms with Gasteiger partial charge in [-0.3, -0.25) is 9.13 Å². The van der Waals surface area contributed by atoms with Crippen molar-refractivity contribution >= 4 is 47.3 Å². The molecule has 4 nitrogen and oxygen atoms in total. The van der Waals surface area contributed by atoms with Gasteiger partial charge in [-0.25, -0.2) is 9.97 Å². The van der Waals surface area contributed by atoms with E-state index in [1.54, 1.807) is 0 Å². The van der Waals surface area contributed by atoms with E-state index in [1.807, 2.05) is 36.4 Å². The van der Waals surface area contributed by atoms with E-state index < -0.39 is 0 Å². The van der Waals surface area contributed by atoms with Gasteiger partial charge in [0.25, 0.3) is 0 Å². The zero-order valence-electron chi connectivity index (χ0n) is 19.7. The SMILES string of the molecule is Sc1nc2cc(CCCCc3ccc4c(c3)nc(S)n4-c3ccccc3)ccc2n1-c1ccccc1. The van der Waals surface area contributed by atoms with Crippen molar-refractivity contribution in [3.05, 3.63) is 108 Å². The zero-order chi connectivity index (χ0) is 24.5. The van der Waals surface area contributed by atoms with Gasteiger partial charge in [-0.1, -0.05) is 48.5 Å². The predicted molar refractivity (Wildman–Crippen MR) is 153 cm³/mol. The Labute approximate surface area is 221 Å². The summed E-state index contributed by atoms with van der Waals surface area (Å²) in [6.45, 7) is 0. The van der Waals surface area contributed by atoms with Crippen molar-refractivity contribution in [2.75, 3.05) is 0 Å². The summed E-state index contributed by atoms with van der Waals surface area (Å²) in [6, 6.07) is 33.6. The molecule has 0 aliphatic rings. The summed E-state index contributed by atoms with van der Waals surface area (Å²) >= 11 is 9.25. The summed E-state index contributed by atoms with van der Waals surface area (Å²) in [4.78, 5) is 9.40. The monoisotopic (exact) mass is 506 g/mol. The lowest BCUT2D eigenvalue weighted by Gasteiger charge is -2.07. The number of aryl methyl sites for hydroxylation is 2. The van der Waals surface area contributed by atoms with Crippen molar-refractivity contribution in [1.82, 2.24) is 19.1 Å². The Kier molecular flexibility index (Phi) is 6.30. The number of nitrogens with zero attached hydrogens (tertiary/aromatic N) is 4. The van der Waals surface area contributed by atoms with Crippen LogP contribution in [-0.4, -0.2) is 19.1 Å². The number of fused-ring (bicyclic) bond motifs is 2. The average molecular weight is 507 g/mol. The minimum Gasteiger partial charge on any atom is -0.288 e. The summed E-state index contributed by atoms with van der Waals surface area (Å²) < 4.78 is 4.18. The van der Waals surface area contributed by atoms with E-state index in [-0.39, 0.29) is 0 Å². The van der Waals surface area contributed by atoms with Crippen LogP contribution in [0.2, 0.25) is 0 Å². The normalized spacial score (nSPS) is 11.5. The Morgan fingerprint density at radius 3 is 1.36 bits per heavy atom. The first-order chi connectivity index (χ1) is 17.7. The summed E-state index contributed by atoms with van der Waals surface area (Å²) in [7, 11) is 0. The lowest BCUT2D eigenvalue weighted by molar-refractivity contribution is 0.735. The first-order valence-electron chi connectivity index (χ1n) is 12.2. The molecule has 0 fully saturated rings. The number of rotatable bonds is 7. The fourth-order valence-corrected chi connectivity index (χ4v) is 5.52. The van der Waals surface area contributed by atoms with E-state index in [9.17, 15) is 0 Å². The maximum atomic E-state index is 4.70. The van der Waals surface area contributed by atoms with Crippen molar-refractivity contribution in [2.45, 2.75) is 36.0 Å². The third-order valence-electron chi connectivity index (χ3n) is 6.61. The number of hydrogen-bond acceptors (Lipinski definition) is 4. The van der Waals surface area contributed by atoms with E-state index in [0.29, 0.717) is 10.3 Å². The second kappa shape index (κ2) is 9.88. The molecule has 0 aliphatic carbocycles. The van der Waals surface area contributed by atoms with Crippen LogP contribution >= 0.6 is 25.3 Å². The zero-order valence-corrected chi connectivity index (χ0v) is 21.5. The van der Waals surface area contributed by atoms with E-state index in [0.717, 1.165) is 59.1 Å². The predicted octanol–water partition coefficient (Wildman–Crippen LogP) is 7.51. The maximum absolute atomic E-state index is 4.70. The second-order valence-electron chi connectivity index (χ2n) is 9.02. The smallest absolute Gasteiger partial charge is 0.170 e. The molecule has 6 heteroatoms. The van der Waals surface area contributed by atoms with E-state index in [4.69, 9.17) is 9.97 Å². The maximum Gasteiger partial charge on any atom is 0.170 e. The molecular formula is C30H26N4S2. The summed E-state index contributed by atoms with van der Waals surface area (Å²) in [5.41, 5.74) is 8.92. The minimum atomic E-state index is 0.711. The molecule has 0 atom stereocenters. The van der Waals surface area contributed by atoms with Crippen LogP contribution < -0.4 is 0 Å². The number of thiol groups is 2. The van der Waals surface area contributed by atoms with Gasteiger partial charge in [-0.2, -0.15) is 0 Å². The fourth-order valence-electron chi connectivity index (χ4n) is 4.86. The van der Waals surface area contributed by atoms with E-state index in [1.165, 1.54) is 11.1 Å². The summed E-state index contributed by atoms with van der Waals surface area (Å²) in [6.07, 6.45) is 4.29. The number of benzene rings is 4. The molecule has 6 rings (SSSR count). The molecule has 0 radical (unpaired) electrons. The van der Waals surface area contributed by atoms with E-state index in [2.05, 4.69) is 95.1 Å². The molecule has 0 saturated carbocycles. The van der Waals surface area contributed by atoms with Gasteiger partial charge < -0.3 is 0 Å². The van der Waals surface area contributed by atoms with Gasteiger partial charge >= 0.3 is 0 Å². The third-order valence-corrected chi connectivity index (χ3v) is 7.21. The largest absolute Gasteiger partial charge is 0.288 e. The van der Waals surface area contributed by atoms with Crippen molar-refractivity contribution in [3.8, 4) is 11.4 Å². The van der Waals surface area contributed by atoms with Crippen LogP contribution in [0, 0.1) is 0 Å². The molecular weight excluding hydrogens is 480 g/mol. The van der Waals surface area contributed by atoms with Crippen molar-refractivity contribution in [1.29, 1.82) is 0 Å². The molecule has 0 spiro atoms. The number of unbranched alkanes of at least 4 members (excludes halogenated alkanes) is 1. The summed E-state index contributed by atoms with van der Waals surface area (Å²) in [5.74, 6) is 0. The first-order valence-corrected chi connectivity index (χ1v) is 13.1. The molecule has 2 heterocycles. The first kappa shape index (κ1) is 23.0. The Bertz CT molecular complexity index is 1530. The Morgan fingerprint density at radius 1 is 0.528 bits per heavy atom. The standard InChI is InChI=1S/C30H26N4S2/c35-29-31-25-19-21(15-17-27(25)33(29)23-11-3-1-4-12-23)9-7-8-10-22-16-18-28-26(20-22)32-30(36)34(28)24-13-5-2-6-14-24/h1-6,11-20H,7-10H2,(H,31,35)(H,32,36). The molecule has 2 aromatic heterocycles. The third kappa shape index (κ3) is 4.43. The molecule has 36 heavy (non-hydrogen) atoms. The van der Waals surface area contributed by atoms with Gasteiger partial charge in [0.1, 0.15) is 0 Å². The molecule has 0 amide bonds. The Hall–Kier alpha value is -3.48. The number of imidazole rings is 2. The number of aromatic nitrogens is 4. The highest BCUT2D eigenvalue weighted by atomic mass is 32.1. The van der Waals surface area contributed by atoms with Gasteiger partial charge in [0.05, 0.1) is 22.1 Å². The quantitative estimate of drug-likeness (QED) is 0.174. The molecule has 178 valence electrons. The van der Waals surface area contributed by atoms with E-state index >= 15 is 0 Å². The van der Waals surface area contributed by atoms with Crippen molar-refractivity contribution < 1.29 is 0 Å². The lowest BCUT2D eigenvalue weighted by atomic mass is 10.0. The van der Waals surface area contributed by atoms with Crippen LogP contribution in [0.1, 0.15) is 24.0 Å². The van der Waals surface area contributed by atoms with Gasteiger partial charge in [0.15, 0.2) is 10.3 Å². The van der Waals surface area contributed by atoms with Crippen LogP contribution in [-0.2, 0) is 12.8 Å². The fraction of sp³-hybridized carbons (Fsp3) is 0.133. The van der Waals surface area contributed by atoms with Crippen LogP contribution in [0.15, 0.2) is 107 Å². The Morgan fingerprint density at radius 2 is 0.944 bits per heavy atom. The highest BCUT2D eigenvalue weighted by molar-refractivity contribution is 7.80. The molecule has 4 aromatic carbocycles. The number of para-hydroxylation sites is 2. The summed E-state index contributed by atoms with van der Waals surface area (Å²) in [5, 5.41) is 1.42. The molecule has 0 N–H and O–H groups in total. The molecule has 0 unspecified atom stereocenters. The van der Waals surface area contributed by atoms with Crippen molar-refractivity contribution in [2.24, 2.45) is 0 Å². The van der Waals surface area contributed by atoms with Crippen LogP contribution in [0.25, 0.3) is 33.4 Å². The van der Waals surface area contributed by atoms with Gasteiger partial charge in [-0.05, 0) is 85.3 Å². The molecule has 0 aliphatic heterocycles. The minimum absolute atomic E-state index is 0.711. The van der Waals surface area contributed by atoms with Crippen LogP contribution in [0.4, 0.5) is 0 Å². The Balaban J connectivity index is 1.12. The van der Waals surface area contributed by atoms with Crippen molar-refractivity contribution in [3.63, 3.8) is 0 Å². The van der Waals surface area contributed by atoms with Gasteiger partial charge in [-0.15, -0.1) is 25.3 Å². The highest BCUT2D eigenvalue weighted by Gasteiger charge is 2.12. The molecule has 0 bridgehead atoms. The van der Waals surface area contributed by atoms with Gasteiger partial charge in [0.2, 0.25) is 0 Å².